The number of carbonyl (C=O) groups excluding carboxylic acids is 1. The monoisotopic (exact) mass is 411 g/mol. The fourth-order valence-corrected chi connectivity index (χ4v) is 4.74. The molecule has 0 aliphatic heterocycles. The largest absolute Gasteiger partial charge is 0.352 e. The summed E-state index contributed by atoms with van der Waals surface area (Å²) in [7, 11) is -3.36. The molecule has 0 radical (unpaired) electrons. The summed E-state index contributed by atoms with van der Waals surface area (Å²) in [4.78, 5) is 23.5. The lowest BCUT2D eigenvalue weighted by atomic mass is 10.1. The van der Waals surface area contributed by atoms with Crippen molar-refractivity contribution in [3.63, 3.8) is 0 Å². The van der Waals surface area contributed by atoms with E-state index in [1.54, 1.807) is 48.1 Å². The third-order valence-corrected chi connectivity index (χ3v) is 6.25. The van der Waals surface area contributed by atoms with Crippen LogP contribution in [0, 0.1) is 6.92 Å². The molecule has 0 saturated carbocycles. The highest BCUT2D eigenvalue weighted by Gasteiger charge is 2.13. The number of amides is 1. The summed E-state index contributed by atoms with van der Waals surface area (Å²) in [5, 5.41) is 4.59. The number of hydrogen-bond donors (Lipinski definition) is 2. The Morgan fingerprint density at radius 1 is 1.19 bits per heavy atom. The van der Waals surface area contributed by atoms with Crippen molar-refractivity contribution >= 4 is 27.3 Å². The number of aryl methyl sites for hydroxylation is 1. The summed E-state index contributed by atoms with van der Waals surface area (Å²) >= 11 is 1.13. The molecule has 0 fully saturated rings. The Kier molecular flexibility index (Phi) is 7.34. The minimum atomic E-state index is -3.36. The zero-order valence-electron chi connectivity index (χ0n) is 15.7. The molecule has 2 aromatic rings. The average Bonchev–Trinajstić information content (AvgIpc) is 2.89. The number of nitrogens with one attached hydrogen (secondary N) is 2. The van der Waals surface area contributed by atoms with E-state index >= 15 is 0 Å². The molecule has 2 N–H and O–H groups in total. The van der Waals surface area contributed by atoms with Gasteiger partial charge in [0.2, 0.25) is 15.9 Å². The normalized spacial score (nSPS) is 11.7. The molecule has 1 heterocycles. The highest BCUT2D eigenvalue weighted by molar-refractivity contribution is 7.88. The molecular formula is C18H25N3O4S2. The van der Waals surface area contributed by atoms with Crippen LogP contribution in [-0.2, 0) is 33.7 Å². The first-order valence-corrected chi connectivity index (χ1v) is 11.2. The molecule has 148 valence electrons. The maximum atomic E-state index is 12.0. The topological polar surface area (TPSA) is 97.3 Å². The van der Waals surface area contributed by atoms with Crippen LogP contribution in [-0.4, -0.2) is 24.9 Å². The van der Waals surface area contributed by atoms with E-state index < -0.39 is 10.0 Å². The van der Waals surface area contributed by atoms with Crippen molar-refractivity contribution in [3.8, 4) is 0 Å². The smallest absolute Gasteiger partial charge is 0.307 e. The molecule has 2 rings (SSSR count). The number of aromatic nitrogens is 1. The van der Waals surface area contributed by atoms with E-state index in [9.17, 15) is 18.0 Å². The van der Waals surface area contributed by atoms with E-state index in [2.05, 4.69) is 10.0 Å². The van der Waals surface area contributed by atoms with Gasteiger partial charge in [-0.1, -0.05) is 35.6 Å². The summed E-state index contributed by atoms with van der Waals surface area (Å²) in [5.74, 6) is -0.215. The minimum Gasteiger partial charge on any atom is -0.352 e. The number of rotatable bonds is 9. The van der Waals surface area contributed by atoms with Crippen LogP contribution >= 0.6 is 11.3 Å². The Labute approximate surface area is 163 Å². The predicted molar refractivity (Wildman–Crippen MR) is 107 cm³/mol. The van der Waals surface area contributed by atoms with E-state index in [0.717, 1.165) is 22.6 Å². The molecular weight excluding hydrogens is 386 g/mol. The number of carbonyl (C=O) groups is 1. The van der Waals surface area contributed by atoms with Crippen molar-refractivity contribution in [3.05, 3.63) is 56.1 Å². The third-order valence-electron chi connectivity index (χ3n) is 3.82. The minimum absolute atomic E-state index is 0.0576. The highest BCUT2D eigenvalue weighted by Crippen LogP contribution is 2.08. The van der Waals surface area contributed by atoms with E-state index in [0.29, 0.717) is 18.7 Å². The van der Waals surface area contributed by atoms with Crippen molar-refractivity contribution in [1.29, 1.82) is 0 Å². The number of sulfonamides is 1. The van der Waals surface area contributed by atoms with Gasteiger partial charge < -0.3 is 9.88 Å². The lowest BCUT2D eigenvalue weighted by molar-refractivity contribution is -0.121. The van der Waals surface area contributed by atoms with Gasteiger partial charge >= 0.3 is 4.87 Å². The molecule has 1 aromatic heterocycles. The third kappa shape index (κ3) is 6.93. The SMILES string of the molecule is Cc1csc(=O)n1CCC(=O)NCc1ccc(CS(=O)(=O)NC(C)C)cc1. The lowest BCUT2D eigenvalue weighted by Gasteiger charge is -2.10. The maximum Gasteiger partial charge on any atom is 0.307 e. The second kappa shape index (κ2) is 9.29. The standard InChI is InChI=1S/C18H25N3O4S2/c1-13(2)20-27(24,25)12-16-6-4-15(5-7-16)10-19-17(22)8-9-21-14(3)11-26-18(21)23/h4-7,11,13,20H,8-10,12H2,1-3H3,(H,19,22). The maximum absolute atomic E-state index is 12.0. The molecule has 1 aromatic carbocycles. The Morgan fingerprint density at radius 2 is 1.81 bits per heavy atom. The van der Waals surface area contributed by atoms with Gasteiger partial charge in [-0.2, -0.15) is 0 Å². The fourth-order valence-electron chi connectivity index (χ4n) is 2.55. The second-order valence-electron chi connectivity index (χ2n) is 6.67. The first kappa shape index (κ1) is 21.3. The Bertz CT molecular complexity index is 928. The quantitative estimate of drug-likeness (QED) is 0.657. The van der Waals surface area contributed by atoms with Gasteiger partial charge in [-0.15, -0.1) is 0 Å². The lowest BCUT2D eigenvalue weighted by Crippen LogP contribution is -2.31. The molecule has 0 spiro atoms. The first-order valence-electron chi connectivity index (χ1n) is 8.66. The predicted octanol–water partition coefficient (Wildman–Crippen LogP) is 1.75. The summed E-state index contributed by atoms with van der Waals surface area (Å²) in [6, 6.07) is 6.95. The molecule has 0 saturated heterocycles. The Balaban J connectivity index is 1.82. The molecule has 0 atom stereocenters. The van der Waals surface area contributed by atoms with Crippen molar-refractivity contribution in [2.45, 2.75) is 52.1 Å². The van der Waals surface area contributed by atoms with Crippen molar-refractivity contribution < 1.29 is 13.2 Å². The van der Waals surface area contributed by atoms with Crippen LogP contribution in [0.2, 0.25) is 0 Å². The summed E-state index contributed by atoms with van der Waals surface area (Å²) in [5.41, 5.74) is 2.42. The molecule has 27 heavy (non-hydrogen) atoms. The van der Waals surface area contributed by atoms with Crippen molar-refractivity contribution in [2.75, 3.05) is 0 Å². The van der Waals surface area contributed by atoms with E-state index in [-0.39, 0.29) is 29.0 Å². The van der Waals surface area contributed by atoms with E-state index in [1.165, 1.54) is 0 Å². The van der Waals surface area contributed by atoms with E-state index in [1.807, 2.05) is 6.92 Å². The van der Waals surface area contributed by atoms with Gasteiger partial charge in [0.1, 0.15) is 0 Å². The van der Waals surface area contributed by atoms with Crippen LogP contribution in [0.15, 0.2) is 34.4 Å². The molecule has 0 unspecified atom stereocenters. The Morgan fingerprint density at radius 3 is 2.37 bits per heavy atom. The van der Waals surface area contributed by atoms with Crippen LogP contribution in [0.1, 0.15) is 37.1 Å². The number of benzene rings is 1. The van der Waals surface area contributed by atoms with Gasteiger partial charge in [-0.05, 0) is 31.9 Å². The fraction of sp³-hybridized carbons (Fsp3) is 0.444. The summed E-state index contributed by atoms with van der Waals surface area (Å²) in [6.45, 7) is 6.11. The van der Waals surface area contributed by atoms with Crippen molar-refractivity contribution in [2.24, 2.45) is 0 Å². The molecule has 1 amide bonds. The molecule has 7 nitrogen and oxygen atoms in total. The number of thiazole rings is 1. The Hall–Kier alpha value is -1.97. The van der Waals surface area contributed by atoms with Gasteiger partial charge in [0.15, 0.2) is 0 Å². The number of nitrogens with zero attached hydrogens (tertiary/aromatic N) is 1. The van der Waals surface area contributed by atoms with Crippen molar-refractivity contribution in [1.82, 2.24) is 14.6 Å². The van der Waals surface area contributed by atoms with Gasteiger partial charge in [0.05, 0.1) is 5.75 Å². The van der Waals surface area contributed by atoms with Gasteiger partial charge in [-0.3, -0.25) is 9.59 Å². The molecule has 0 aliphatic carbocycles. The van der Waals surface area contributed by atoms with Crippen LogP contribution in [0.4, 0.5) is 0 Å². The summed E-state index contributed by atoms with van der Waals surface area (Å²) < 4.78 is 28.0. The zero-order valence-corrected chi connectivity index (χ0v) is 17.3. The molecule has 0 aliphatic rings. The molecule has 9 heteroatoms. The van der Waals surface area contributed by atoms with Crippen LogP contribution in [0.25, 0.3) is 0 Å². The van der Waals surface area contributed by atoms with E-state index in [4.69, 9.17) is 0 Å². The first-order chi connectivity index (χ1) is 12.7. The number of hydrogen-bond acceptors (Lipinski definition) is 5. The van der Waals surface area contributed by atoms with Crippen LogP contribution in [0.5, 0.6) is 0 Å². The second-order valence-corrected chi connectivity index (χ2v) is 9.24. The van der Waals surface area contributed by atoms with Gasteiger partial charge in [-0.25, -0.2) is 13.1 Å². The average molecular weight is 412 g/mol. The highest BCUT2D eigenvalue weighted by atomic mass is 32.2. The van der Waals surface area contributed by atoms with Gasteiger partial charge in [0, 0.05) is 36.6 Å². The van der Waals surface area contributed by atoms with Crippen LogP contribution < -0.4 is 14.9 Å². The summed E-state index contributed by atoms with van der Waals surface area (Å²) in [6.07, 6.45) is 0.231. The van der Waals surface area contributed by atoms with Gasteiger partial charge in [0.25, 0.3) is 0 Å². The zero-order chi connectivity index (χ0) is 20.0. The van der Waals surface area contributed by atoms with Crippen LogP contribution in [0.3, 0.4) is 0 Å². The molecule has 0 bridgehead atoms.